The zero-order chi connectivity index (χ0) is 17.8. The molecule has 0 saturated heterocycles. The molecule has 0 radical (unpaired) electrons. The van der Waals surface area contributed by atoms with Crippen LogP contribution < -0.4 is 5.32 Å². The first-order valence-corrected chi connectivity index (χ1v) is 9.62. The number of carbonyl (C=O) groups excluding carboxylic acids is 2. The van der Waals surface area contributed by atoms with Gasteiger partial charge in [-0.1, -0.05) is 37.3 Å². The van der Waals surface area contributed by atoms with Gasteiger partial charge < -0.3 is 10.1 Å². The molecule has 2 aromatic rings. The summed E-state index contributed by atoms with van der Waals surface area (Å²) >= 11 is 1.53. The summed E-state index contributed by atoms with van der Waals surface area (Å²) in [5.41, 5.74) is 2.95. The van der Waals surface area contributed by atoms with E-state index in [1.54, 1.807) is 13.8 Å². The maximum absolute atomic E-state index is 12.5. The Balaban J connectivity index is 1.93. The third kappa shape index (κ3) is 3.76. The molecule has 0 saturated carbocycles. The van der Waals surface area contributed by atoms with E-state index in [-0.39, 0.29) is 11.9 Å². The lowest BCUT2D eigenvalue weighted by atomic mass is 9.83. The topological polar surface area (TPSA) is 55.4 Å². The molecule has 1 atom stereocenters. The first-order valence-electron chi connectivity index (χ1n) is 8.80. The van der Waals surface area contributed by atoms with Crippen LogP contribution in [0.1, 0.15) is 59.0 Å². The first kappa shape index (κ1) is 17.7. The fourth-order valence-electron chi connectivity index (χ4n) is 3.32. The zero-order valence-corrected chi connectivity index (χ0v) is 15.4. The number of esters is 1. The fourth-order valence-corrected chi connectivity index (χ4v) is 4.65. The number of amides is 1. The van der Waals surface area contributed by atoms with Gasteiger partial charge in [0.2, 0.25) is 5.91 Å². The number of benzene rings is 1. The number of thiophene rings is 1. The van der Waals surface area contributed by atoms with E-state index in [0.29, 0.717) is 29.5 Å². The Morgan fingerprint density at radius 3 is 2.68 bits per heavy atom. The number of hydrogen-bond acceptors (Lipinski definition) is 4. The molecule has 0 bridgehead atoms. The highest BCUT2D eigenvalue weighted by molar-refractivity contribution is 7.17. The van der Waals surface area contributed by atoms with Crippen molar-refractivity contribution in [3.05, 3.63) is 51.9 Å². The second-order valence-electron chi connectivity index (χ2n) is 6.18. The smallest absolute Gasteiger partial charge is 0.341 e. The summed E-state index contributed by atoms with van der Waals surface area (Å²) in [4.78, 5) is 25.5. The van der Waals surface area contributed by atoms with Crippen molar-refractivity contribution in [1.82, 2.24) is 0 Å². The quantitative estimate of drug-likeness (QED) is 0.799. The fraction of sp³-hybridized carbons (Fsp3) is 0.400. The van der Waals surface area contributed by atoms with Crippen LogP contribution in [0.25, 0.3) is 0 Å². The molecule has 1 aliphatic rings. The van der Waals surface area contributed by atoms with Crippen molar-refractivity contribution in [3.8, 4) is 0 Å². The van der Waals surface area contributed by atoms with E-state index in [0.717, 1.165) is 24.8 Å². The van der Waals surface area contributed by atoms with Crippen LogP contribution in [0.15, 0.2) is 30.3 Å². The number of rotatable bonds is 5. The molecule has 5 heteroatoms. The van der Waals surface area contributed by atoms with Crippen molar-refractivity contribution in [3.63, 3.8) is 0 Å². The monoisotopic (exact) mass is 357 g/mol. The number of carbonyl (C=O) groups is 2. The highest BCUT2D eigenvalue weighted by Gasteiger charge is 2.30. The minimum atomic E-state index is -0.329. The van der Waals surface area contributed by atoms with Crippen molar-refractivity contribution in [2.75, 3.05) is 11.9 Å². The number of ether oxygens (including phenoxy) is 1. The van der Waals surface area contributed by atoms with E-state index in [1.807, 2.05) is 6.07 Å². The molecule has 1 unspecified atom stereocenters. The van der Waals surface area contributed by atoms with Crippen LogP contribution >= 0.6 is 11.3 Å². The SMILES string of the molecule is CCOC(=O)c1c(NC(=O)CC)sc2c1CCC(c1ccccc1)C2. The molecule has 0 aliphatic heterocycles. The normalized spacial score (nSPS) is 16.2. The van der Waals surface area contributed by atoms with Crippen LogP contribution in [0.5, 0.6) is 0 Å². The molecule has 132 valence electrons. The number of anilines is 1. The van der Waals surface area contributed by atoms with E-state index < -0.39 is 0 Å². The third-order valence-corrected chi connectivity index (χ3v) is 5.76. The Kier molecular flexibility index (Phi) is 5.53. The van der Waals surface area contributed by atoms with Gasteiger partial charge in [0.25, 0.3) is 0 Å². The molecule has 25 heavy (non-hydrogen) atoms. The van der Waals surface area contributed by atoms with E-state index in [9.17, 15) is 9.59 Å². The summed E-state index contributed by atoms with van der Waals surface area (Å²) in [6.07, 6.45) is 3.12. The molecular weight excluding hydrogens is 334 g/mol. The van der Waals surface area contributed by atoms with Gasteiger partial charge >= 0.3 is 5.97 Å². The van der Waals surface area contributed by atoms with Crippen LogP contribution in [0, 0.1) is 0 Å². The van der Waals surface area contributed by atoms with Crippen molar-refractivity contribution in [2.45, 2.75) is 45.4 Å². The van der Waals surface area contributed by atoms with Crippen LogP contribution in [0.4, 0.5) is 5.00 Å². The Labute approximate surface area is 152 Å². The molecule has 1 amide bonds. The summed E-state index contributed by atoms with van der Waals surface area (Å²) in [5, 5.41) is 3.53. The molecule has 1 aromatic carbocycles. The Hall–Kier alpha value is -2.14. The highest BCUT2D eigenvalue weighted by atomic mass is 32.1. The average Bonchev–Trinajstić information content (AvgIpc) is 2.99. The van der Waals surface area contributed by atoms with Gasteiger partial charge in [-0.2, -0.15) is 0 Å². The summed E-state index contributed by atoms with van der Waals surface area (Å²) in [7, 11) is 0. The lowest BCUT2D eigenvalue weighted by Gasteiger charge is -2.23. The molecule has 1 aliphatic carbocycles. The van der Waals surface area contributed by atoms with Crippen LogP contribution in [-0.2, 0) is 22.4 Å². The van der Waals surface area contributed by atoms with Crippen molar-refractivity contribution >= 4 is 28.2 Å². The van der Waals surface area contributed by atoms with Gasteiger partial charge in [0.1, 0.15) is 5.00 Å². The Morgan fingerprint density at radius 1 is 1.24 bits per heavy atom. The molecule has 1 aromatic heterocycles. The molecule has 0 fully saturated rings. The van der Waals surface area contributed by atoms with Gasteiger partial charge in [0.15, 0.2) is 0 Å². The number of fused-ring (bicyclic) bond motifs is 1. The average molecular weight is 357 g/mol. The minimum Gasteiger partial charge on any atom is -0.462 e. The molecule has 1 N–H and O–H groups in total. The van der Waals surface area contributed by atoms with Gasteiger partial charge in [-0.15, -0.1) is 11.3 Å². The van der Waals surface area contributed by atoms with Crippen molar-refractivity contribution in [1.29, 1.82) is 0 Å². The van der Waals surface area contributed by atoms with E-state index in [1.165, 1.54) is 21.8 Å². The molecule has 0 spiro atoms. The van der Waals surface area contributed by atoms with E-state index in [2.05, 4.69) is 29.6 Å². The standard InChI is InChI=1S/C20H23NO3S/c1-3-17(22)21-19-18(20(23)24-4-2)15-11-10-14(12-16(15)25-19)13-8-6-5-7-9-13/h5-9,14H,3-4,10-12H2,1-2H3,(H,21,22). The lowest BCUT2D eigenvalue weighted by Crippen LogP contribution is -2.16. The molecule has 3 rings (SSSR count). The second-order valence-corrected chi connectivity index (χ2v) is 7.29. The molecular formula is C20H23NO3S. The Bertz CT molecular complexity index is 767. The van der Waals surface area contributed by atoms with Crippen LogP contribution in [-0.4, -0.2) is 18.5 Å². The zero-order valence-electron chi connectivity index (χ0n) is 14.6. The van der Waals surface area contributed by atoms with Gasteiger partial charge in [-0.3, -0.25) is 4.79 Å². The predicted octanol–water partition coefficient (Wildman–Crippen LogP) is 4.55. The van der Waals surface area contributed by atoms with E-state index in [4.69, 9.17) is 4.74 Å². The largest absolute Gasteiger partial charge is 0.462 e. The first-order chi connectivity index (χ1) is 12.1. The summed E-state index contributed by atoms with van der Waals surface area (Å²) in [6.45, 7) is 3.93. The van der Waals surface area contributed by atoms with Crippen LogP contribution in [0.3, 0.4) is 0 Å². The number of nitrogens with one attached hydrogen (secondary N) is 1. The summed E-state index contributed by atoms with van der Waals surface area (Å²) in [5.74, 6) is 0.0467. The van der Waals surface area contributed by atoms with Gasteiger partial charge in [0, 0.05) is 11.3 Å². The second kappa shape index (κ2) is 7.83. The van der Waals surface area contributed by atoms with Crippen molar-refractivity contribution in [2.24, 2.45) is 0 Å². The van der Waals surface area contributed by atoms with E-state index >= 15 is 0 Å². The lowest BCUT2D eigenvalue weighted by molar-refractivity contribution is -0.115. The van der Waals surface area contributed by atoms with Gasteiger partial charge in [0.05, 0.1) is 12.2 Å². The molecule has 4 nitrogen and oxygen atoms in total. The maximum Gasteiger partial charge on any atom is 0.341 e. The van der Waals surface area contributed by atoms with Gasteiger partial charge in [-0.05, 0) is 43.2 Å². The number of hydrogen-bond donors (Lipinski definition) is 1. The minimum absolute atomic E-state index is 0.0799. The van der Waals surface area contributed by atoms with Crippen molar-refractivity contribution < 1.29 is 14.3 Å². The third-order valence-electron chi connectivity index (χ3n) is 4.59. The summed E-state index contributed by atoms with van der Waals surface area (Å²) in [6, 6.07) is 10.5. The Morgan fingerprint density at radius 2 is 2.00 bits per heavy atom. The highest BCUT2D eigenvalue weighted by Crippen LogP contribution is 2.42. The van der Waals surface area contributed by atoms with Gasteiger partial charge in [-0.25, -0.2) is 4.79 Å². The van der Waals surface area contributed by atoms with Crippen LogP contribution in [0.2, 0.25) is 0 Å². The summed E-state index contributed by atoms with van der Waals surface area (Å²) < 4.78 is 5.24. The predicted molar refractivity (Wildman–Crippen MR) is 100 cm³/mol. The molecule has 1 heterocycles. The maximum atomic E-state index is 12.5.